The predicted octanol–water partition coefficient (Wildman–Crippen LogP) is 3.10. The van der Waals surface area contributed by atoms with Crippen LogP contribution in [-0.4, -0.2) is 95.2 Å². The molecule has 1 aliphatic rings. The van der Waals surface area contributed by atoms with E-state index in [9.17, 15) is 13.2 Å². The Hall–Kier alpha value is -2.57. The summed E-state index contributed by atoms with van der Waals surface area (Å²) in [6.45, 7) is 5.72. The first-order valence-electron chi connectivity index (χ1n) is 12.4. The summed E-state index contributed by atoms with van der Waals surface area (Å²) in [5.74, 6) is -0.101. The number of hydrogen-bond acceptors (Lipinski definition) is 8. The lowest BCUT2D eigenvalue weighted by Gasteiger charge is -2.34. The van der Waals surface area contributed by atoms with Crippen molar-refractivity contribution >= 4 is 42.6 Å². The number of ether oxygens (including phenoxy) is 2. The topological polar surface area (TPSA) is 92.3 Å². The minimum absolute atomic E-state index is 0.101. The van der Waals surface area contributed by atoms with Crippen LogP contribution in [-0.2, 0) is 25.9 Å². The van der Waals surface area contributed by atoms with E-state index in [4.69, 9.17) is 14.5 Å². The van der Waals surface area contributed by atoms with Crippen molar-refractivity contribution in [3.8, 4) is 0 Å². The maximum atomic E-state index is 13.1. The van der Waals surface area contributed by atoms with Gasteiger partial charge in [0.1, 0.15) is 0 Å². The lowest BCUT2D eigenvalue weighted by Crippen LogP contribution is -2.48. The lowest BCUT2D eigenvalue weighted by atomic mass is 10.2. The van der Waals surface area contributed by atoms with Crippen molar-refractivity contribution in [1.29, 1.82) is 0 Å². The summed E-state index contributed by atoms with van der Waals surface area (Å²) >= 11 is 1.69. The van der Waals surface area contributed by atoms with Gasteiger partial charge in [0.05, 0.1) is 28.3 Å². The standard InChI is InChI=1S/C26H34N4O5S2/c1-4-20-5-10-23-24(19-20)36-26(27-23)29-13-11-28(12-14-29)25(31)21-6-8-22(9-7-21)37(32,33)30(15-17-34-2)16-18-35-3/h5-10,19H,4,11-18H2,1-3H3. The molecule has 200 valence electrons. The van der Waals surface area contributed by atoms with Crippen molar-refractivity contribution in [3.63, 3.8) is 0 Å². The second-order valence-corrected chi connectivity index (χ2v) is 11.8. The number of sulfonamides is 1. The van der Waals surface area contributed by atoms with Gasteiger partial charge in [-0.15, -0.1) is 0 Å². The Morgan fingerprint density at radius 1 is 1.00 bits per heavy atom. The number of thiazole rings is 1. The number of hydrogen-bond donors (Lipinski definition) is 0. The number of methoxy groups -OCH3 is 2. The monoisotopic (exact) mass is 546 g/mol. The van der Waals surface area contributed by atoms with Gasteiger partial charge in [-0.3, -0.25) is 4.79 Å². The molecule has 4 rings (SSSR count). The second kappa shape index (κ2) is 12.3. The molecule has 3 aromatic rings. The molecule has 0 saturated carbocycles. The van der Waals surface area contributed by atoms with E-state index in [0.717, 1.165) is 17.1 Å². The zero-order valence-corrected chi connectivity index (χ0v) is 23.2. The van der Waals surface area contributed by atoms with E-state index in [1.165, 1.54) is 40.9 Å². The molecule has 1 aliphatic heterocycles. The molecule has 1 aromatic heterocycles. The first kappa shape index (κ1) is 27.5. The fourth-order valence-corrected chi connectivity index (χ4v) is 6.74. The smallest absolute Gasteiger partial charge is 0.253 e. The third-order valence-electron chi connectivity index (χ3n) is 6.52. The van der Waals surface area contributed by atoms with Gasteiger partial charge in [-0.2, -0.15) is 4.31 Å². The van der Waals surface area contributed by atoms with Crippen LogP contribution in [0.15, 0.2) is 47.4 Å². The summed E-state index contributed by atoms with van der Waals surface area (Å²) in [4.78, 5) is 22.1. The van der Waals surface area contributed by atoms with Gasteiger partial charge in [0.25, 0.3) is 5.91 Å². The summed E-state index contributed by atoms with van der Waals surface area (Å²) in [6.07, 6.45) is 0.997. The molecule has 9 nitrogen and oxygen atoms in total. The Balaban J connectivity index is 1.39. The van der Waals surface area contributed by atoms with E-state index in [2.05, 4.69) is 30.0 Å². The quantitative estimate of drug-likeness (QED) is 0.365. The Kier molecular flexibility index (Phi) is 9.14. The zero-order chi connectivity index (χ0) is 26.4. The second-order valence-electron chi connectivity index (χ2n) is 8.85. The van der Waals surface area contributed by atoms with Gasteiger partial charge >= 0.3 is 0 Å². The van der Waals surface area contributed by atoms with Gasteiger partial charge in [-0.25, -0.2) is 13.4 Å². The van der Waals surface area contributed by atoms with Gasteiger partial charge in [0.2, 0.25) is 10.0 Å². The number of anilines is 1. The number of aromatic nitrogens is 1. The molecule has 0 aliphatic carbocycles. The van der Waals surface area contributed by atoms with Crippen molar-refractivity contribution in [2.24, 2.45) is 0 Å². The number of carbonyl (C=O) groups excluding carboxylic acids is 1. The molecule has 0 atom stereocenters. The molecule has 1 amide bonds. The number of rotatable bonds is 11. The Labute approximate surface area is 222 Å². The third-order valence-corrected chi connectivity index (χ3v) is 9.51. The highest BCUT2D eigenvalue weighted by molar-refractivity contribution is 7.89. The van der Waals surface area contributed by atoms with Crippen molar-refractivity contribution in [2.45, 2.75) is 18.2 Å². The van der Waals surface area contributed by atoms with Crippen molar-refractivity contribution in [2.75, 3.05) is 71.6 Å². The molecule has 37 heavy (non-hydrogen) atoms. The lowest BCUT2D eigenvalue weighted by molar-refractivity contribution is 0.0746. The summed E-state index contributed by atoms with van der Waals surface area (Å²) in [6, 6.07) is 12.6. The number of benzene rings is 2. The largest absolute Gasteiger partial charge is 0.383 e. The first-order valence-corrected chi connectivity index (χ1v) is 14.6. The molecule has 0 N–H and O–H groups in total. The van der Waals surface area contributed by atoms with Crippen LogP contribution in [0.3, 0.4) is 0 Å². The molecule has 2 aromatic carbocycles. The molecule has 0 unspecified atom stereocenters. The SMILES string of the molecule is CCc1ccc2nc(N3CCN(C(=O)c4ccc(S(=O)(=O)N(CCOC)CCOC)cc4)CC3)sc2c1. The number of amides is 1. The molecule has 1 fully saturated rings. The Bertz CT molecular complexity index is 1290. The summed E-state index contributed by atoms with van der Waals surface area (Å²) < 4.78 is 38.9. The summed E-state index contributed by atoms with van der Waals surface area (Å²) in [5.41, 5.74) is 2.78. The summed E-state index contributed by atoms with van der Waals surface area (Å²) in [5, 5.41) is 0.983. The maximum absolute atomic E-state index is 13.1. The van der Waals surface area contributed by atoms with Crippen LogP contribution in [0.4, 0.5) is 5.13 Å². The van der Waals surface area contributed by atoms with Crippen molar-refractivity contribution in [3.05, 3.63) is 53.6 Å². The van der Waals surface area contributed by atoms with Crippen LogP contribution in [0.25, 0.3) is 10.2 Å². The molecule has 0 bridgehead atoms. The fraction of sp³-hybridized carbons (Fsp3) is 0.462. The van der Waals surface area contributed by atoms with E-state index < -0.39 is 10.0 Å². The minimum Gasteiger partial charge on any atom is -0.383 e. The van der Waals surface area contributed by atoms with Crippen LogP contribution in [0.1, 0.15) is 22.8 Å². The van der Waals surface area contributed by atoms with Gasteiger partial charge in [0.15, 0.2) is 5.13 Å². The Morgan fingerprint density at radius 2 is 1.65 bits per heavy atom. The molecular formula is C26H34N4O5S2. The number of aryl methyl sites for hydroxylation is 1. The van der Waals surface area contributed by atoms with E-state index in [1.54, 1.807) is 23.5 Å². The average molecular weight is 547 g/mol. The molecule has 11 heteroatoms. The molecule has 0 spiro atoms. The van der Waals surface area contributed by atoms with Crippen LogP contribution < -0.4 is 4.90 Å². The van der Waals surface area contributed by atoms with Crippen LogP contribution in [0.5, 0.6) is 0 Å². The van der Waals surface area contributed by atoms with Crippen LogP contribution >= 0.6 is 11.3 Å². The highest BCUT2D eigenvalue weighted by atomic mass is 32.2. The number of nitrogens with zero attached hydrogens (tertiary/aromatic N) is 4. The highest BCUT2D eigenvalue weighted by Crippen LogP contribution is 2.30. The number of piperazine rings is 1. The Morgan fingerprint density at radius 3 is 2.24 bits per heavy atom. The van der Waals surface area contributed by atoms with Crippen LogP contribution in [0.2, 0.25) is 0 Å². The van der Waals surface area contributed by atoms with Crippen molar-refractivity contribution < 1.29 is 22.7 Å². The van der Waals surface area contributed by atoms with Crippen molar-refractivity contribution in [1.82, 2.24) is 14.2 Å². The normalized spacial score (nSPS) is 14.6. The zero-order valence-electron chi connectivity index (χ0n) is 21.6. The first-order chi connectivity index (χ1) is 17.9. The van der Waals surface area contributed by atoms with E-state index in [1.807, 2.05) is 4.90 Å². The van der Waals surface area contributed by atoms with Gasteiger partial charge in [0, 0.05) is 59.1 Å². The van der Waals surface area contributed by atoms with Gasteiger partial charge < -0.3 is 19.3 Å². The average Bonchev–Trinajstić information content (AvgIpc) is 3.36. The summed E-state index contributed by atoms with van der Waals surface area (Å²) in [7, 11) is -0.670. The van der Waals surface area contributed by atoms with Crippen LogP contribution in [0, 0.1) is 0 Å². The van der Waals surface area contributed by atoms with E-state index in [0.29, 0.717) is 31.7 Å². The molecule has 1 saturated heterocycles. The van der Waals surface area contributed by atoms with E-state index >= 15 is 0 Å². The van der Waals surface area contributed by atoms with E-state index in [-0.39, 0.29) is 37.1 Å². The third kappa shape index (κ3) is 6.29. The fourth-order valence-electron chi connectivity index (χ4n) is 4.25. The number of fused-ring (bicyclic) bond motifs is 1. The highest BCUT2D eigenvalue weighted by Gasteiger charge is 2.26. The van der Waals surface area contributed by atoms with Gasteiger partial charge in [-0.05, 0) is 48.4 Å². The molecule has 0 radical (unpaired) electrons. The molecule has 2 heterocycles. The van der Waals surface area contributed by atoms with Gasteiger partial charge in [-0.1, -0.05) is 24.3 Å². The molecular weight excluding hydrogens is 512 g/mol. The number of carbonyl (C=O) groups is 1. The maximum Gasteiger partial charge on any atom is 0.253 e. The minimum atomic E-state index is -3.73. The predicted molar refractivity (Wildman–Crippen MR) is 146 cm³/mol.